The van der Waals surface area contributed by atoms with Crippen molar-refractivity contribution in [2.75, 3.05) is 19.8 Å². The Morgan fingerprint density at radius 1 is 1.19 bits per heavy atom. The number of aryl methyl sites for hydroxylation is 1. The Bertz CT molecular complexity index is 994. The smallest absolute Gasteiger partial charge is 0.350 e. The van der Waals surface area contributed by atoms with E-state index in [0.29, 0.717) is 40.8 Å². The van der Waals surface area contributed by atoms with E-state index in [1.54, 1.807) is 36.5 Å². The molecule has 0 amide bonds. The lowest BCUT2D eigenvalue weighted by Crippen LogP contribution is -2.17. The van der Waals surface area contributed by atoms with Crippen molar-refractivity contribution in [2.45, 2.75) is 6.92 Å². The highest BCUT2D eigenvalue weighted by atomic mass is 32.1. The van der Waals surface area contributed by atoms with Crippen LogP contribution in [0.1, 0.15) is 25.7 Å². The zero-order valence-electron chi connectivity index (χ0n) is 14.4. The number of nitrogens with zero attached hydrogens (tertiary/aromatic N) is 1. The van der Waals surface area contributed by atoms with Gasteiger partial charge in [0.1, 0.15) is 23.1 Å². The van der Waals surface area contributed by atoms with E-state index in [1.165, 1.54) is 11.3 Å². The Labute approximate surface area is 163 Å². The van der Waals surface area contributed by atoms with Crippen molar-refractivity contribution < 1.29 is 23.8 Å². The van der Waals surface area contributed by atoms with Gasteiger partial charge in [0.15, 0.2) is 23.9 Å². The van der Waals surface area contributed by atoms with Gasteiger partial charge in [0.25, 0.3) is 0 Å². The summed E-state index contributed by atoms with van der Waals surface area (Å²) in [6.07, 6.45) is 0. The number of esters is 1. The van der Waals surface area contributed by atoms with Crippen LogP contribution in [0, 0.1) is 6.92 Å². The third-order valence-electron chi connectivity index (χ3n) is 3.95. The van der Waals surface area contributed by atoms with Crippen LogP contribution >= 0.6 is 22.7 Å². The molecule has 0 unspecified atom stereocenters. The van der Waals surface area contributed by atoms with E-state index in [1.807, 2.05) is 16.8 Å². The van der Waals surface area contributed by atoms with E-state index >= 15 is 0 Å². The molecule has 27 heavy (non-hydrogen) atoms. The first-order chi connectivity index (χ1) is 13.1. The molecule has 1 aliphatic heterocycles. The predicted molar refractivity (Wildman–Crippen MR) is 102 cm³/mol. The first-order valence-electron chi connectivity index (χ1n) is 8.22. The minimum Gasteiger partial charge on any atom is -0.486 e. The van der Waals surface area contributed by atoms with Gasteiger partial charge in [-0.15, -0.1) is 11.3 Å². The van der Waals surface area contributed by atoms with Gasteiger partial charge >= 0.3 is 5.97 Å². The lowest BCUT2D eigenvalue weighted by molar-refractivity contribution is 0.0478. The number of hydrogen-bond donors (Lipinski definition) is 0. The molecule has 138 valence electrons. The third-order valence-corrected chi connectivity index (χ3v) is 5.82. The highest BCUT2D eigenvalue weighted by molar-refractivity contribution is 7.17. The molecule has 0 saturated heterocycles. The molecule has 6 nitrogen and oxygen atoms in total. The Morgan fingerprint density at radius 2 is 2.00 bits per heavy atom. The molecule has 0 radical (unpaired) electrons. The number of ketones is 1. The van der Waals surface area contributed by atoms with Gasteiger partial charge in [-0.05, 0) is 36.6 Å². The van der Waals surface area contributed by atoms with Crippen LogP contribution in [0.2, 0.25) is 0 Å². The standard InChI is InChI=1S/C19H15NO5S2/c1-11-17(27-18(20-11)13-4-7-26-10-13)19(22)25-9-14(21)12-2-3-15-16(8-12)24-6-5-23-15/h2-4,7-8,10H,5-6,9H2,1H3. The maximum Gasteiger partial charge on any atom is 0.350 e. The van der Waals surface area contributed by atoms with Crippen LogP contribution in [-0.4, -0.2) is 36.6 Å². The molecular formula is C19H15NO5S2. The SMILES string of the molecule is Cc1nc(-c2ccsc2)sc1C(=O)OCC(=O)c1ccc2c(c1)OCCO2. The van der Waals surface area contributed by atoms with Gasteiger partial charge in [0, 0.05) is 16.5 Å². The lowest BCUT2D eigenvalue weighted by atomic mass is 10.1. The largest absolute Gasteiger partial charge is 0.486 e. The third kappa shape index (κ3) is 3.72. The Hall–Kier alpha value is -2.71. The van der Waals surface area contributed by atoms with Crippen molar-refractivity contribution in [3.8, 4) is 22.1 Å². The van der Waals surface area contributed by atoms with Crippen LogP contribution in [0.4, 0.5) is 0 Å². The molecule has 0 saturated carbocycles. The average Bonchev–Trinajstić information content (AvgIpc) is 3.35. The number of hydrogen-bond acceptors (Lipinski definition) is 8. The molecule has 3 aromatic rings. The van der Waals surface area contributed by atoms with Crippen molar-refractivity contribution in [3.05, 3.63) is 51.2 Å². The van der Waals surface area contributed by atoms with Gasteiger partial charge in [0.2, 0.25) is 0 Å². The second-order valence-electron chi connectivity index (χ2n) is 5.80. The first kappa shape index (κ1) is 17.7. The summed E-state index contributed by atoms with van der Waals surface area (Å²) in [6, 6.07) is 6.88. The van der Waals surface area contributed by atoms with Crippen molar-refractivity contribution in [3.63, 3.8) is 0 Å². The molecule has 8 heteroatoms. The number of rotatable bonds is 5. The fourth-order valence-electron chi connectivity index (χ4n) is 2.59. The maximum absolute atomic E-state index is 12.4. The molecular weight excluding hydrogens is 386 g/mol. The normalized spacial score (nSPS) is 12.6. The minimum atomic E-state index is -0.544. The average molecular weight is 401 g/mol. The second kappa shape index (κ2) is 7.50. The Morgan fingerprint density at radius 3 is 2.78 bits per heavy atom. The van der Waals surface area contributed by atoms with Crippen molar-refractivity contribution in [2.24, 2.45) is 0 Å². The number of Topliss-reactive ketones (excluding diaryl/α,β-unsaturated/α-hetero) is 1. The number of ether oxygens (including phenoxy) is 3. The lowest BCUT2D eigenvalue weighted by Gasteiger charge is -2.18. The van der Waals surface area contributed by atoms with E-state index in [4.69, 9.17) is 14.2 Å². The summed E-state index contributed by atoms with van der Waals surface area (Å²) in [5.74, 6) is 0.283. The van der Waals surface area contributed by atoms with Gasteiger partial charge < -0.3 is 14.2 Å². The van der Waals surface area contributed by atoms with E-state index in [0.717, 1.165) is 10.6 Å². The minimum absolute atomic E-state index is 0.305. The molecule has 0 N–H and O–H groups in total. The van der Waals surface area contributed by atoms with Gasteiger partial charge in [-0.25, -0.2) is 9.78 Å². The number of carbonyl (C=O) groups is 2. The van der Waals surface area contributed by atoms with Gasteiger partial charge in [-0.2, -0.15) is 11.3 Å². The quantitative estimate of drug-likeness (QED) is 0.475. The van der Waals surface area contributed by atoms with Crippen LogP contribution in [0.5, 0.6) is 11.5 Å². The first-order valence-corrected chi connectivity index (χ1v) is 9.98. The molecule has 0 aliphatic carbocycles. The van der Waals surface area contributed by atoms with Crippen molar-refractivity contribution in [1.29, 1.82) is 0 Å². The monoisotopic (exact) mass is 401 g/mol. The topological polar surface area (TPSA) is 74.7 Å². The summed E-state index contributed by atoms with van der Waals surface area (Å²) in [6.45, 7) is 2.34. The predicted octanol–water partition coefficient (Wildman–Crippen LogP) is 3.99. The summed E-state index contributed by atoms with van der Waals surface area (Å²) >= 11 is 2.83. The van der Waals surface area contributed by atoms with Crippen molar-refractivity contribution >= 4 is 34.4 Å². The summed E-state index contributed by atoms with van der Waals surface area (Å²) in [5.41, 5.74) is 1.98. The van der Waals surface area contributed by atoms with Crippen LogP contribution in [0.25, 0.3) is 10.6 Å². The van der Waals surface area contributed by atoms with E-state index in [9.17, 15) is 9.59 Å². The van der Waals surface area contributed by atoms with E-state index in [2.05, 4.69) is 4.98 Å². The van der Waals surface area contributed by atoms with Crippen LogP contribution in [0.15, 0.2) is 35.0 Å². The summed E-state index contributed by atoms with van der Waals surface area (Å²) < 4.78 is 16.1. The van der Waals surface area contributed by atoms with Gasteiger partial charge in [-0.1, -0.05) is 0 Å². The summed E-state index contributed by atoms with van der Waals surface area (Å²) in [7, 11) is 0. The molecule has 0 spiro atoms. The zero-order chi connectivity index (χ0) is 18.8. The molecule has 2 aromatic heterocycles. The van der Waals surface area contributed by atoms with Crippen LogP contribution < -0.4 is 9.47 Å². The fraction of sp³-hybridized carbons (Fsp3) is 0.211. The summed E-state index contributed by atoms with van der Waals surface area (Å²) in [5, 5.41) is 4.69. The number of thiazole rings is 1. The number of fused-ring (bicyclic) bond motifs is 1. The number of benzene rings is 1. The maximum atomic E-state index is 12.4. The molecule has 4 rings (SSSR count). The Balaban J connectivity index is 1.43. The highest BCUT2D eigenvalue weighted by Gasteiger charge is 2.20. The number of aromatic nitrogens is 1. The van der Waals surface area contributed by atoms with E-state index in [-0.39, 0.29) is 12.4 Å². The number of thiophene rings is 1. The fourth-order valence-corrected chi connectivity index (χ4v) is 4.26. The summed E-state index contributed by atoms with van der Waals surface area (Å²) in [4.78, 5) is 29.6. The second-order valence-corrected chi connectivity index (χ2v) is 7.58. The Kier molecular flexibility index (Phi) is 4.91. The molecule has 3 heterocycles. The zero-order valence-corrected chi connectivity index (χ0v) is 16.0. The molecule has 0 fully saturated rings. The molecule has 1 aliphatic rings. The van der Waals surface area contributed by atoms with Crippen molar-refractivity contribution in [1.82, 2.24) is 4.98 Å². The van der Waals surface area contributed by atoms with E-state index < -0.39 is 5.97 Å². The highest BCUT2D eigenvalue weighted by Crippen LogP contribution is 2.31. The van der Waals surface area contributed by atoms with Crippen LogP contribution in [0.3, 0.4) is 0 Å². The van der Waals surface area contributed by atoms with Gasteiger partial charge in [-0.3, -0.25) is 4.79 Å². The number of carbonyl (C=O) groups excluding carboxylic acids is 2. The molecule has 1 aromatic carbocycles. The van der Waals surface area contributed by atoms with Gasteiger partial charge in [0.05, 0.1) is 5.69 Å². The molecule has 0 bridgehead atoms. The van der Waals surface area contributed by atoms with Crippen LogP contribution in [-0.2, 0) is 4.74 Å². The molecule has 0 atom stereocenters.